The molecule has 0 radical (unpaired) electrons. The van der Waals surface area contributed by atoms with Gasteiger partial charge >= 0.3 is 0 Å². The number of nitrogens with one attached hydrogen (secondary N) is 1. The molecular weight excluding hydrogens is 246 g/mol. The molecule has 1 amide bonds. The number of hydrogen-bond donors (Lipinski definition) is 1. The van der Waals surface area contributed by atoms with E-state index in [1.54, 1.807) is 12.1 Å². The predicted octanol–water partition coefficient (Wildman–Crippen LogP) is 3.37. The predicted molar refractivity (Wildman–Crippen MR) is 71.8 cm³/mol. The summed E-state index contributed by atoms with van der Waals surface area (Å²) in [7, 11) is 0. The van der Waals surface area contributed by atoms with Crippen LogP contribution in [-0.4, -0.2) is 5.91 Å². The topological polar surface area (TPSA) is 29.1 Å². The molecular formula is C15H12ClNO. The molecule has 1 N–H and O–H groups in total. The van der Waals surface area contributed by atoms with Gasteiger partial charge in [-0.2, -0.15) is 0 Å². The third-order valence-electron chi connectivity index (χ3n) is 3.24. The standard InChI is InChI=1S/C15H12ClNO/c16-12-6-7-13-11(8-12)9-14(17-15(13)18)10-4-2-1-3-5-10/h1-8,14H,9H2,(H,17,18)/t14-/m0/s1. The van der Waals surface area contributed by atoms with E-state index in [0.29, 0.717) is 5.02 Å². The van der Waals surface area contributed by atoms with E-state index < -0.39 is 0 Å². The second kappa shape index (κ2) is 4.46. The van der Waals surface area contributed by atoms with E-state index in [2.05, 4.69) is 5.32 Å². The van der Waals surface area contributed by atoms with E-state index in [4.69, 9.17) is 11.6 Å². The average molecular weight is 258 g/mol. The molecule has 2 nitrogen and oxygen atoms in total. The summed E-state index contributed by atoms with van der Waals surface area (Å²) in [4.78, 5) is 12.0. The van der Waals surface area contributed by atoms with E-state index >= 15 is 0 Å². The van der Waals surface area contributed by atoms with E-state index in [1.165, 1.54) is 0 Å². The van der Waals surface area contributed by atoms with Gasteiger partial charge in [-0.25, -0.2) is 0 Å². The fourth-order valence-corrected chi connectivity index (χ4v) is 2.54. The zero-order chi connectivity index (χ0) is 12.5. The molecule has 0 fully saturated rings. The van der Waals surface area contributed by atoms with Crippen molar-refractivity contribution in [1.29, 1.82) is 0 Å². The van der Waals surface area contributed by atoms with Gasteiger partial charge in [-0.3, -0.25) is 4.79 Å². The number of rotatable bonds is 1. The van der Waals surface area contributed by atoms with Crippen LogP contribution in [0.3, 0.4) is 0 Å². The molecule has 0 bridgehead atoms. The summed E-state index contributed by atoms with van der Waals surface area (Å²) in [6.45, 7) is 0. The fourth-order valence-electron chi connectivity index (χ4n) is 2.35. The molecule has 1 heterocycles. The third kappa shape index (κ3) is 2.00. The summed E-state index contributed by atoms with van der Waals surface area (Å²) in [6.07, 6.45) is 0.783. The van der Waals surface area contributed by atoms with Crippen LogP contribution in [0.1, 0.15) is 27.5 Å². The second-order valence-electron chi connectivity index (χ2n) is 4.44. The first-order valence-electron chi connectivity index (χ1n) is 5.88. The Morgan fingerprint density at radius 2 is 1.89 bits per heavy atom. The molecule has 0 saturated carbocycles. The van der Waals surface area contributed by atoms with Gasteiger partial charge in [0.25, 0.3) is 5.91 Å². The van der Waals surface area contributed by atoms with Gasteiger partial charge in [0, 0.05) is 10.6 Å². The number of benzene rings is 2. The van der Waals surface area contributed by atoms with Crippen LogP contribution >= 0.6 is 11.6 Å². The van der Waals surface area contributed by atoms with Crippen molar-refractivity contribution in [3.05, 3.63) is 70.2 Å². The Hall–Kier alpha value is -1.80. The first kappa shape index (κ1) is 11.3. The smallest absolute Gasteiger partial charge is 0.252 e. The first-order chi connectivity index (χ1) is 8.74. The molecule has 2 aromatic rings. The van der Waals surface area contributed by atoms with Crippen molar-refractivity contribution >= 4 is 17.5 Å². The average Bonchev–Trinajstić information content (AvgIpc) is 2.39. The minimum atomic E-state index is -0.0261. The number of halogens is 1. The van der Waals surface area contributed by atoms with Crippen molar-refractivity contribution < 1.29 is 4.79 Å². The van der Waals surface area contributed by atoms with Crippen molar-refractivity contribution in [3.63, 3.8) is 0 Å². The van der Waals surface area contributed by atoms with Crippen LogP contribution in [0.25, 0.3) is 0 Å². The van der Waals surface area contributed by atoms with Crippen molar-refractivity contribution in [2.45, 2.75) is 12.5 Å². The monoisotopic (exact) mass is 257 g/mol. The van der Waals surface area contributed by atoms with Crippen LogP contribution < -0.4 is 5.32 Å². The Morgan fingerprint density at radius 1 is 1.11 bits per heavy atom. The Kier molecular flexibility index (Phi) is 2.80. The van der Waals surface area contributed by atoms with Crippen molar-refractivity contribution in [2.75, 3.05) is 0 Å². The van der Waals surface area contributed by atoms with Gasteiger partial charge in [0.1, 0.15) is 0 Å². The molecule has 0 spiro atoms. The summed E-state index contributed by atoms with van der Waals surface area (Å²) in [5, 5.41) is 3.70. The second-order valence-corrected chi connectivity index (χ2v) is 4.88. The van der Waals surface area contributed by atoms with Gasteiger partial charge in [-0.05, 0) is 35.7 Å². The van der Waals surface area contributed by atoms with Crippen molar-refractivity contribution in [1.82, 2.24) is 5.32 Å². The molecule has 3 rings (SSSR count). The molecule has 1 aliphatic rings. The van der Waals surface area contributed by atoms with E-state index in [0.717, 1.165) is 23.1 Å². The lowest BCUT2D eigenvalue weighted by Crippen LogP contribution is -2.35. The molecule has 0 aliphatic carbocycles. The lowest BCUT2D eigenvalue weighted by Gasteiger charge is -2.26. The highest BCUT2D eigenvalue weighted by atomic mass is 35.5. The fraction of sp³-hybridized carbons (Fsp3) is 0.133. The van der Waals surface area contributed by atoms with Crippen LogP contribution in [0, 0.1) is 0 Å². The number of fused-ring (bicyclic) bond motifs is 1. The summed E-state index contributed by atoms with van der Waals surface area (Å²) in [5.74, 6) is -0.0261. The summed E-state index contributed by atoms with van der Waals surface area (Å²) < 4.78 is 0. The summed E-state index contributed by atoms with van der Waals surface area (Å²) >= 11 is 5.99. The SMILES string of the molecule is O=C1N[C@H](c2ccccc2)Cc2cc(Cl)ccc21. The maximum absolute atomic E-state index is 12.0. The van der Waals surface area contributed by atoms with E-state index in [1.807, 2.05) is 36.4 Å². The normalized spacial score (nSPS) is 18.1. The van der Waals surface area contributed by atoms with Crippen LogP contribution in [0.2, 0.25) is 5.02 Å². The Balaban J connectivity index is 1.98. The molecule has 18 heavy (non-hydrogen) atoms. The molecule has 0 aromatic heterocycles. The van der Waals surface area contributed by atoms with Gasteiger partial charge in [-0.1, -0.05) is 41.9 Å². The minimum absolute atomic E-state index is 0.0261. The number of hydrogen-bond acceptors (Lipinski definition) is 1. The molecule has 0 saturated heterocycles. The quantitative estimate of drug-likeness (QED) is 0.834. The maximum Gasteiger partial charge on any atom is 0.252 e. The van der Waals surface area contributed by atoms with Crippen LogP contribution in [0.5, 0.6) is 0 Å². The Bertz CT molecular complexity index is 595. The zero-order valence-corrected chi connectivity index (χ0v) is 10.4. The first-order valence-corrected chi connectivity index (χ1v) is 6.26. The largest absolute Gasteiger partial charge is 0.345 e. The van der Waals surface area contributed by atoms with Gasteiger partial charge < -0.3 is 5.32 Å². The lowest BCUT2D eigenvalue weighted by atomic mass is 9.91. The molecule has 1 aliphatic heterocycles. The summed E-state index contributed by atoms with van der Waals surface area (Å²) in [6, 6.07) is 15.4. The summed E-state index contributed by atoms with van der Waals surface area (Å²) in [5.41, 5.74) is 2.86. The molecule has 0 unspecified atom stereocenters. The zero-order valence-electron chi connectivity index (χ0n) is 9.69. The van der Waals surface area contributed by atoms with Crippen LogP contribution in [-0.2, 0) is 6.42 Å². The Morgan fingerprint density at radius 3 is 2.67 bits per heavy atom. The van der Waals surface area contributed by atoms with Crippen LogP contribution in [0.4, 0.5) is 0 Å². The highest BCUT2D eigenvalue weighted by Crippen LogP contribution is 2.27. The van der Waals surface area contributed by atoms with Crippen molar-refractivity contribution in [3.8, 4) is 0 Å². The van der Waals surface area contributed by atoms with E-state index in [-0.39, 0.29) is 11.9 Å². The third-order valence-corrected chi connectivity index (χ3v) is 3.48. The van der Waals surface area contributed by atoms with Gasteiger partial charge in [0.15, 0.2) is 0 Å². The molecule has 3 heteroatoms. The van der Waals surface area contributed by atoms with Crippen LogP contribution in [0.15, 0.2) is 48.5 Å². The highest BCUT2D eigenvalue weighted by molar-refractivity contribution is 6.30. The lowest BCUT2D eigenvalue weighted by molar-refractivity contribution is 0.0925. The highest BCUT2D eigenvalue weighted by Gasteiger charge is 2.24. The molecule has 90 valence electrons. The number of amides is 1. The maximum atomic E-state index is 12.0. The van der Waals surface area contributed by atoms with Gasteiger partial charge in [0.2, 0.25) is 0 Å². The Labute approximate surface area is 111 Å². The van der Waals surface area contributed by atoms with E-state index in [9.17, 15) is 4.79 Å². The number of carbonyl (C=O) groups excluding carboxylic acids is 1. The molecule has 1 atom stereocenters. The van der Waals surface area contributed by atoms with Gasteiger partial charge in [-0.15, -0.1) is 0 Å². The molecule has 2 aromatic carbocycles. The minimum Gasteiger partial charge on any atom is -0.345 e. The van der Waals surface area contributed by atoms with Gasteiger partial charge in [0.05, 0.1) is 6.04 Å². The number of carbonyl (C=O) groups is 1. The van der Waals surface area contributed by atoms with Crippen molar-refractivity contribution in [2.24, 2.45) is 0 Å².